The van der Waals surface area contributed by atoms with Crippen molar-refractivity contribution in [2.24, 2.45) is 0 Å². The van der Waals surface area contributed by atoms with Gasteiger partial charge in [-0.25, -0.2) is 9.97 Å². The monoisotopic (exact) mass is 677 g/mol. The van der Waals surface area contributed by atoms with Crippen molar-refractivity contribution in [3.8, 4) is 28.3 Å². The van der Waals surface area contributed by atoms with Crippen LogP contribution in [0.15, 0.2) is 173 Å². The number of benzene rings is 8. The molecule has 8 aromatic carbocycles. The summed E-state index contributed by atoms with van der Waals surface area (Å²) in [5, 5.41) is 9.87. The molecule has 5 heteroatoms. The molecule has 0 saturated heterocycles. The van der Waals surface area contributed by atoms with E-state index in [0.717, 1.165) is 104 Å². The zero-order valence-corrected chi connectivity index (χ0v) is 28.2. The molecule has 0 N–H and O–H groups in total. The lowest BCUT2D eigenvalue weighted by atomic mass is 9.97. The van der Waals surface area contributed by atoms with E-state index in [4.69, 9.17) is 18.8 Å². The van der Waals surface area contributed by atoms with E-state index in [9.17, 15) is 0 Å². The van der Waals surface area contributed by atoms with E-state index in [0.29, 0.717) is 5.95 Å². The van der Waals surface area contributed by atoms with Gasteiger partial charge >= 0.3 is 0 Å². The summed E-state index contributed by atoms with van der Waals surface area (Å²) in [6.45, 7) is 0. The predicted octanol–water partition coefficient (Wildman–Crippen LogP) is 13.0. The van der Waals surface area contributed by atoms with Crippen LogP contribution in [0.1, 0.15) is 0 Å². The van der Waals surface area contributed by atoms with E-state index in [1.165, 1.54) is 5.56 Å². The first-order chi connectivity index (χ1) is 26.3. The Morgan fingerprint density at radius 1 is 0.396 bits per heavy atom. The molecule has 0 aliphatic heterocycles. The molecule has 0 fully saturated rings. The molecule has 0 bridgehead atoms. The average Bonchev–Trinajstić information content (AvgIpc) is 3.90. The summed E-state index contributed by atoms with van der Waals surface area (Å²) in [7, 11) is 0. The van der Waals surface area contributed by atoms with E-state index in [2.05, 4.69) is 138 Å². The molecule has 0 radical (unpaired) electrons. The van der Waals surface area contributed by atoms with Gasteiger partial charge in [0.05, 0.1) is 16.7 Å². The molecule has 5 nitrogen and oxygen atoms in total. The number of hydrogen-bond donors (Lipinski definition) is 0. The molecule has 53 heavy (non-hydrogen) atoms. The van der Waals surface area contributed by atoms with Crippen LogP contribution in [0.25, 0.3) is 116 Å². The van der Waals surface area contributed by atoms with Gasteiger partial charge in [-0.3, -0.25) is 4.57 Å². The maximum atomic E-state index is 6.95. The number of para-hydroxylation sites is 3. The number of aromatic nitrogens is 3. The van der Waals surface area contributed by atoms with Gasteiger partial charge in [-0.15, -0.1) is 0 Å². The van der Waals surface area contributed by atoms with Gasteiger partial charge in [0.2, 0.25) is 5.95 Å². The summed E-state index contributed by atoms with van der Waals surface area (Å²) >= 11 is 0. The van der Waals surface area contributed by atoms with Gasteiger partial charge in [0.25, 0.3) is 0 Å². The van der Waals surface area contributed by atoms with Gasteiger partial charge in [0.1, 0.15) is 22.3 Å². The highest BCUT2D eigenvalue weighted by Gasteiger charge is 2.25. The molecule has 4 aromatic heterocycles. The molecule has 0 spiro atoms. The predicted molar refractivity (Wildman–Crippen MR) is 217 cm³/mol. The van der Waals surface area contributed by atoms with Crippen molar-refractivity contribution < 1.29 is 8.83 Å². The number of rotatable bonds is 3. The number of hydrogen-bond acceptors (Lipinski definition) is 4. The summed E-state index contributed by atoms with van der Waals surface area (Å²) in [6.07, 6.45) is 0. The van der Waals surface area contributed by atoms with Gasteiger partial charge in [0, 0.05) is 43.3 Å². The maximum absolute atomic E-state index is 6.95. The lowest BCUT2D eigenvalue weighted by Gasteiger charge is -2.12. The van der Waals surface area contributed by atoms with Crippen LogP contribution in [0.5, 0.6) is 0 Å². The highest BCUT2D eigenvalue weighted by Crippen LogP contribution is 2.46. The number of fused-ring (bicyclic) bond motifs is 14. The summed E-state index contributed by atoms with van der Waals surface area (Å²) in [5.41, 5.74) is 10.3. The van der Waals surface area contributed by atoms with Crippen LogP contribution >= 0.6 is 0 Å². The van der Waals surface area contributed by atoms with Crippen molar-refractivity contribution in [1.82, 2.24) is 14.5 Å². The Bertz CT molecular complexity index is 3460. The SMILES string of the molecule is c1ccc(-c2ccc3oc4c(c3c2)c2ccccc2c2c3ccccc3n(-c3nc(-c5ccc6c(c5)oc5ccccc56)c5ccccc5n3)c42)cc1. The summed E-state index contributed by atoms with van der Waals surface area (Å²) in [6, 6.07) is 57.0. The fourth-order valence-electron chi connectivity index (χ4n) is 8.45. The maximum Gasteiger partial charge on any atom is 0.235 e. The fraction of sp³-hybridized carbons (Fsp3) is 0. The number of nitrogens with zero attached hydrogens (tertiary/aromatic N) is 3. The molecule has 0 aliphatic carbocycles. The van der Waals surface area contributed by atoms with E-state index in [-0.39, 0.29) is 0 Å². The molecule has 0 saturated carbocycles. The third kappa shape index (κ3) is 4.02. The molecule has 12 rings (SSSR count). The van der Waals surface area contributed by atoms with Gasteiger partial charge in [-0.05, 0) is 64.4 Å². The van der Waals surface area contributed by atoms with Gasteiger partial charge in [-0.1, -0.05) is 121 Å². The van der Waals surface area contributed by atoms with Gasteiger partial charge < -0.3 is 8.83 Å². The van der Waals surface area contributed by atoms with Crippen molar-refractivity contribution in [1.29, 1.82) is 0 Å². The second kappa shape index (κ2) is 10.6. The van der Waals surface area contributed by atoms with Crippen LogP contribution in [0.2, 0.25) is 0 Å². The molecule has 12 aromatic rings. The van der Waals surface area contributed by atoms with Crippen LogP contribution in [-0.2, 0) is 0 Å². The standard InChI is InChI=1S/C48H27N3O2/c1-2-12-28(13-3-1)29-23-25-41-37(26-29)44-34-16-5-4-15-33(34)43-36-18-7-10-20-39(36)51(46(43)47(44)53-41)48-49-38-19-9-6-17-35(38)45(50-48)30-22-24-32-31-14-8-11-21-40(31)52-42(32)27-30/h1-27H. The Morgan fingerprint density at radius 3 is 1.92 bits per heavy atom. The largest absolute Gasteiger partial charge is 0.456 e. The summed E-state index contributed by atoms with van der Waals surface area (Å²) in [5.74, 6) is 0.580. The highest BCUT2D eigenvalue weighted by atomic mass is 16.3. The molecule has 0 atom stereocenters. The lowest BCUT2D eigenvalue weighted by molar-refractivity contribution is 0.669. The summed E-state index contributed by atoms with van der Waals surface area (Å²) in [4.78, 5) is 10.7. The normalized spacial score (nSPS) is 12.2. The smallest absolute Gasteiger partial charge is 0.235 e. The zero-order chi connectivity index (χ0) is 34.6. The first-order valence-corrected chi connectivity index (χ1v) is 17.8. The molecule has 246 valence electrons. The van der Waals surface area contributed by atoms with E-state index < -0.39 is 0 Å². The van der Waals surface area contributed by atoms with Crippen LogP contribution in [0.4, 0.5) is 0 Å². The molecule has 4 heterocycles. The second-order valence-electron chi connectivity index (χ2n) is 13.7. The van der Waals surface area contributed by atoms with Crippen LogP contribution in [0.3, 0.4) is 0 Å². The minimum absolute atomic E-state index is 0.580. The third-order valence-electron chi connectivity index (χ3n) is 10.8. The van der Waals surface area contributed by atoms with E-state index in [1.54, 1.807) is 0 Å². The van der Waals surface area contributed by atoms with Crippen molar-refractivity contribution in [2.75, 3.05) is 0 Å². The quantitative estimate of drug-likeness (QED) is 0.187. The van der Waals surface area contributed by atoms with Crippen LogP contribution < -0.4 is 0 Å². The Balaban J connectivity index is 1.21. The summed E-state index contributed by atoms with van der Waals surface area (Å²) < 4.78 is 15.5. The Hall–Kier alpha value is -7.24. The lowest BCUT2D eigenvalue weighted by Crippen LogP contribution is -2.03. The van der Waals surface area contributed by atoms with Gasteiger partial charge in [-0.2, -0.15) is 0 Å². The van der Waals surface area contributed by atoms with Crippen molar-refractivity contribution in [3.05, 3.63) is 164 Å². The minimum Gasteiger partial charge on any atom is -0.456 e. The Kier molecular flexibility index (Phi) is 5.71. The van der Waals surface area contributed by atoms with Crippen molar-refractivity contribution in [2.45, 2.75) is 0 Å². The first kappa shape index (κ1) is 28.5. The third-order valence-corrected chi connectivity index (χ3v) is 10.8. The zero-order valence-electron chi connectivity index (χ0n) is 28.2. The first-order valence-electron chi connectivity index (χ1n) is 17.8. The minimum atomic E-state index is 0.580. The molecular formula is C48H27N3O2. The van der Waals surface area contributed by atoms with Crippen molar-refractivity contribution in [3.63, 3.8) is 0 Å². The topological polar surface area (TPSA) is 57.0 Å². The van der Waals surface area contributed by atoms with Crippen LogP contribution in [-0.4, -0.2) is 14.5 Å². The molecule has 0 amide bonds. The fourth-order valence-corrected chi connectivity index (χ4v) is 8.45. The second-order valence-corrected chi connectivity index (χ2v) is 13.7. The average molecular weight is 678 g/mol. The Labute approximate surface area is 302 Å². The molecule has 0 unspecified atom stereocenters. The highest BCUT2D eigenvalue weighted by molar-refractivity contribution is 6.35. The Morgan fingerprint density at radius 2 is 1.06 bits per heavy atom. The van der Waals surface area contributed by atoms with Crippen LogP contribution in [0, 0.1) is 0 Å². The van der Waals surface area contributed by atoms with E-state index >= 15 is 0 Å². The van der Waals surface area contributed by atoms with Gasteiger partial charge in [0.15, 0.2) is 5.58 Å². The van der Waals surface area contributed by atoms with Crippen molar-refractivity contribution >= 4 is 87.4 Å². The molecular weight excluding hydrogens is 651 g/mol. The molecule has 0 aliphatic rings. The van der Waals surface area contributed by atoms with E-state index in [1.807, 2.05) is 30.3 Å². The number of furan rings is 2.